The molecular weight excluding hydrogens is 185 g/mol. The van der Waals surface area contributed by atoms with Crippen LogP contribution in [0.3, 0.4) is 0 Å². The van der Waals surface area contributed by atoms with Crippen LogP contribution in [-0.4, -0.2) is 17.1 Å². The van der Waals surface area contributed by atoms with E-state index in [4.69, 9.17) is 4.74 Å². The van der Waals surface area contributed by atoms with Gasteiger partial charge in [-0.3, -0.25) is 4.98 Å². The van der Waals surface area contributed by atoms with Crippen molar-refractivity contribution in [3.8, 4) is 0 Å². The molecule has 0 saturated carbocycles. The first kappa shape index (κ1) is 10.6. The van der Waals surface area contributed by atoms with Gasteiger partial charge >= 0.3 is 5.97 Å². The Hall–Kier alpha value is -1.45. The third-order valence-electron chi connectivity index (χ3n) is 1.63. The molecule has 1 rings (SSSR count). The molecule has 0 aliphatic heterocycles. The Morgan fingerprint density at radius 1 is 1.57 bits per heavy atom. The van der Waals surface area contributed by atoms with Gasteiger partial charge in [0.25, 0.3) is 0 Å². The Balaban J connectivity index is 2.96. The molecule has 1 aromatic rings. The average Bonchev–Trinajstić information content (AvgIpc) is 2.08. The second-order valence-corrected chi connectivity index (χ2v) is 3.21. The molecule has 0 aliphatic rings. The molecular formula is C10H12FNO2. The highest BCUT2D eigenvalue weighted by Gasteiger charge is 2.15. The van der Waals surface area contributed by atoms with Crippen molar-refractivity contribution >= 4 is 5.97 Å². The van der Waals surface area contributed by atoms with Gasteiger partial charge in [-0.2, -0.15) is 0 Å². The van der Waals surface area contributed by atoms with Crippen LogP contribution < -0.4 is 0 Å². The molecule has 0 aliphatic carbocycles. The lowest BCUT2D eigenvalue weighted by Crippen LogP contribution is -2.14. The highest BCUT2D eigenvalue weighted by Crippen LogP contribution is 2.11. The van der Waals surface area contributed by atoms with E-state index >= 15 is 0 Å². The van der Waals surface area contributed by atoms with Gasteiger partial charge in [-0.05, 0) is 26.8 Å². The molecule has 4 heteroatoms. The predicted octanol–water partition coefficient (Wildman–Crippen LogP) is 2.09. The van der Waals surface area contributed by atoms with Crippen LogP contribution in [0.2, 0.25) is 0 Å². The van der Waals surface area contributed by atoms with Gasteiger partial charge in [0.2, 0.25) is 0 Å². The Bertz CT molecular complexity index is 350. The van der Waals surface area contributed by atoms with E-state index in [1.54, 1.807) is 13.8 Å². The van der Waals surface area contributed by atoms with E-state index in [0.29, 0.717) is 0 Å². The summed E-state index contributed by atoms with van der Waals surface area (Å²) in [6, 6.07) is 1.31. The molecule has 0 unspecified atom stereocenters. The Kier molecular flexibility index (Phi) is 3.17. The van der Waals surface area contributed by atoms with Crippen LogP contribution in [0, 0.1) is 12.7 Å². The maximum absolute atomic E-state index is 13.3. The molecule has 0 N–H and O–H groups in total. The fraction of sp³-hybridized carbons (Fsp3) is 0.400. The zero-order chi connectivity index (χ0) is 10.7. The lowest BCUT2D eigenvalue weighted by atomic mass is 10.2. The monoisotopic (exact) mass is 197 g/mol. The maximum atomic E-state index is 13.3. The molecule has 1 heterocycles. The minimum atomic E-state index is -0.650. The van der Waals surface area contributed by atoms with E-state index in [1.807, 2.05) is 0 Å². The Morgan fingerprint density at radius 2 is 2.21 bits per heavy atom. The van der Waals surface area contributed by atoms with E-state index in [2.05, 4.69) is 4.98 Å². The van der Waals surface area contributed by atoms with Gasteiger partial charge in [0.1, 0.15) is 0 Å². The molecule has 0 fully saturated rings. The summed E-state index contributed by atoms with van der Waals surface area (Å²) in [5, 5.41) is 0. The van der Waals surface area contributed by atoms with Crippen molar-refractivity contribution in [2.24, 2.45) is 0 Å². The molecule has 0 radical (unpaired) electrons. The van der Waals surface area contributed by atoms with Gasteiger partial charge in [-0.25, -0.2) is 9.18 Å². The van der Waals surface area contributed by atoms with Gasteiger partial charge in [0.05, 0.1) is 17.4 Å². The molecule has 76 valence electrons. The number of hydrogen-bond acceptors (Lipinski definition) is 3. The van der Waals surface area contributed by atoms with Crippen LogP contribution >= 0.6 is 0 Å². The number of ether oxygens (including phenoxy) is 1. The van der Waals surface area contributed by atoms with Crippen LogP contribution in [0.1, 0.15) is 29.9 Å². The van der Waals surface area contributed by atoms with E-state index in [0.717, 1.165) is 0 Å². The number of esters is 1. The fourth-order valence-corrected chi connectivity index (χ4v) is 0.984. The van der Waals surface area contributed by atoms with Crippen molar-refractivity contribution in [2.45, 2.75) is 26.9 Å². The lowest BCUT2D eigenvalue weighted by molar-refractivity contribution is 0.0372. The minimum Gasteiger partial charge on any atom is -0.459 e. The zero-order valence-electron chi connectivity index (χ0n) is 8.37. The highest BCUT2D eigenvalue weighted by molar-refractivity contribution is 5.89. The first-order valence-electron chi connectivity index (χ1n) is 4.34. The number of aryl methyl sites for hydroxylation is 1. The average molecular weight is 197 g/mol. The van der Waals surface area contributed by atoms with Crippen molar-refractivity contribution in [3.05, 3.63) is 29.3 Å². The van der Waals surface area contributed by atoms with Crippen LogP contribution in [0.5, 0.6) is 0 Å². The fourth-order valence-electron chi connectivity index (χ4n) is 0.984. The molecule has 3 nitrogen and oxygen atoms in total. The summed E-state index contributed by atoms with van der Waals surface area (Å²) in [6.45, 7) is 4.93. The summed E-state index contributed by atoms with van der Waals surface area (Å²) >= 11 is 0. The number of rotatable bonds is 2. The SMILES string of the molecule is Cc1nccc(C(=O)OC(C)C)c1F. The number of carbonyl (C=O) groups is 1. The smallest absolute Gasteiger partial charge is 0.341 e. The summed E-state index contributed by atoms with van der Waals surface area (Å²) in [7, 11) is 0. The largest absolute Gasteiger partial charge is 0.459 e. The van der Waals surface area contributed by atoms with Crippen molar-refractivity contribution in [3.63, 3.8) is 0 Å². The Morgan fingerprint density at radius 3 is 2.79 bits per heavy atom. The second kappa shape index (κ2) is 4.17. The van der Waals surface area contributed by atoms with E-state index < -0.39 is 11.8 Å². The molecule has 1 aromatic heterocycles. The first-order chi connectivity index (χ1) is 6.52. The first-order valence-corrected chi connectivity index (χ1v) is 4.34. The van der Waals surface area contributed by atoms with Crippen LogP contribution in [-0.2, 0) is 4.74 Å². The maximum Gasteiger partial charge on any atom is 0.341 e. The number of carbonyl (C=O) groups excluding carboxylic acids is 1. The quantitative estimate of drug-likeness (QED) is 0.681. The van der Waals surface area contributed by atoms with Gasteiger partial charge in [-0.15, -0.1) is 0 Å². The van der Waals surface area contributed by atoms with Crippen LogP contribution in [0.4, 0.5) is 4.39 Å². The molecule has 0 aromatic carbocycles. The van der Waals surface area contributed by atoms with E-state index in [-0.39, 0.29) is 17.4 Å². The van der Waals surface area contributed by atoms with E-state index in [9.17, 15) is 9.18 Å². The normalized spacial score (nSPS) is 10.4. The van der Waals surface area contributed by atoms with Crippen molar-refractivity contribution in [2.75, 3.05) is 0 Å². The highest BCUT2D eigenvalue weighted by atomic mass is 19.1. The summed E-state index contributed by atoms with van der Waals surface area (Å²) in [5.41, 5.74) is 0.134. The number of pyridine rings is 1. The van der Waals surface area contributed by atoms with Gasteiger partial charge in [0, 0.05) is 6.20 Å². The number of nitrogens with zero attached hydrogens (tertiary/aromatic N) is 1. The van der Waals surface area contributed by atoms with Gasteiger partial charge in [-0.1, -0.05) is 0 Å². The number of halogens is 1. The summed E-state index contributed by atoms with van der Waals surface area (Å²) < 4.78 is 18.2. The zero-order valence-corrected chi connectivity index (χ0v) is 8.37. The third kappa shape index (κ3) is 2.28. The summed E-state index contributed by atoms with van der Waals surface area (Å²) in [4.78, 5) is 15.1. The van der Waals surface area contributed by atoms with Crippen molar-refractivity contribution in [1.29, 1.82) is 0 Å². The standard InChI is InChI=1S/C10H12FNO2/c1-6(2)14-10(13)8-4-5-12-7(3)9(8)11/h4-6H,1-3H3. The van der Waals surface area contributed by atoms with Gasteiger partial charge in [0.15, 0.2) is 5.82 Å². The molecule has 0 amide bonds. The minimum absolute atomic E-state index is 0.0637. The van der Waals surface area contributed by atoms with Crippen LogP contribution in [0.25, 0.3) is 0 Å². The van der Waals surface area contributed by atoms with Crippen molar-refractivity contribution in [1.82, 2.24) is 4.98 Å². The van der Waals surface area contributed by atoms with E-state index in [1.165, 1.54) is 19.2 Å². The third-order valence-corrected chi connectivity index (χ3v) is 1.63. The molecule has 0 spiro atoms. The molecule has 0 bridgehead atoms. The lowest BCUT2D eigenvalue weighted by Gasteiger charge is -2.08. The molecule has 14 heavy (non-hydrogen) atoms. The second-order valence-electron chi connectivity index (χ2n) is 3.21. The van der Waals surface area contributed by atoms with Gasteiger partial charge < -0.3 is 4.74 Å². The number of hydrogen-bond donors (Lipinski definition) is 0. The number of aromatic nitrogens is 1. The molecule has 0 saturated heterocycles. The molecule has 0 atom stereocenters. The Labute approximate surface area is 81.9 Å². The predicted molar refractivity (Wildman–Crippen MR) is 49.5 cm³/mol. The topological polar surface area (TPSA) is 39.2 Å². The summed E-state index contributed by atoms with van der Waals surface area (Å²) in [5.74, 6) is -1.26. The summed E-state index contributed by atoms with van der Waals surface area (Å²) in [6.07, 6.45) is 1.13. The van der Waals surface area contributed by atoms with Crippen molar-refractivity contribution < 1.29 is 13.9 Å². The van der Waals surface area contributed by atoms with Crippen LogP contribution in [0.15, 0.2) is 12.3 Å².